The minimum absolute atomic E-state index is 0.0547. The predicted molar refractivity (Wildman–Crippen MR) is 141 cm³/mol. The molecular weight excluding hydrogens is 442 g/mol. The summed E-state index contributed by atoms with van der Waals surface area (Å²) in [6.45, 7) is 6.33. The summed E-state index contributed by atoms with van der Waals surface area (Å²) in [5.74, 6) is 5.92. The average molecular weight is 486 g/mol. The SMILES string of the molecule is CCOC(=O)CNC(=O)c1ccc(NC(C#CCCCCCCCCCCNC(C)=O)CC)cc1. The van der Waals surface area contributed by atoms with Crippen molar-refractivity contribution in [1.82, 2.24) is 10.6 Å². The summed E-state index contributed by atoms with van der Waals surface area (Å²) < 4.78 is 4.81. The number of hydrogen-bond acceptors (Lipinski definition) is 5. The molecular formula is C28H43N3O4. The van der Waals surface area contributed by atoms with Crippen molar-refractivity contribution in [3.05, 3.63) is 29.8 Å². The summed E-state index contributed by atoms with van der Waals surface area (Å²) in [5, 5.41) is 8.80. The Balaban J connectivity index is 2.20. The molecule has 0 radical (unpaired) electrons. The molecule has 7 heteroatoms. The molecule has 0 aliphatic rings. The predicted octanol–water partition coefficient (Wildman–Crippen LogP) is 4.82. The fourth-order valence-electron chi connectivity index (χ4n) is 3.48. The number of esters is 1. The van der Waals surface area contributed by atoms with Gasteiger partial charge in [-0.3, -0.25) is 14.4 Å². The monoisotopic (exact) mass is 485 g/mol. The van der Waals surface area contributed by atoms with Gasteiger partial charge in [-0.15, -0.1) is 5.92 Å². The minimum Gasteiger partial charge on any atom is -0.465 e. The number of hydrogen-bond donors (Lipinski definition) is 3. The molecule has 0 saturated heterocycles. The smallest absolute Gasteiger partial charge is 0.325 e. The molecule has 1 unspecified atom stereocenters. The first kappa shape index (κ1) is 30.0. The van der Waals surface area contributed by atoms with Crippen LogP contribution in [0.1, 0.15) is 95.3 Å². The molecule has 0 aliphatic heterocycles. The van der Waals surface area contributed by atoms with Crippen LogP contribution in [0.2, 0.25) is 0 Å². The molecule has 0 saturated carbocycles. The van der Waals surface area contributed by atoms with Crippen molar-refractivity contribution in [2.75, 3.05) is 25.0 Å². The maximum absolute atomic E-state index is 12.1. The van der Waals surface area contributed by atoms with E-state index in [-0.39, 0.29) is 24.4 Å². The van der Waals surface area contributed by atoms with Gasteiger partial charge in [-0.2, -0.15) is 0 Å². The molecule has 1 atom stereocenters. The molecule has 1 aromatic rings. The summed E-state index contributed by atoms with van der Waals surface area (Å²) in [4.78, 5) is 34.3. The summed E-state index contributed by atoms with van der Waals surface area (Å²) in [6.07, 6.45) is 11.4. The van der Waals surface area contributed by atoms with Gasteiger partial charge in [0.2, 0.25) is 5.91 Å². The number of ether oxygens (including phenoxy) is 1. The lowest BCUT2D eigenvalue weighted by Gasteiger charge is -2.13. The quantitative estimate of drug-likeness (QED) is 0.167. The molecule has 2 amide bonds. The molecule has 1 aromatic carbocycles. The number of carbonyl (C=O) groups is 3. The highest BCUT2D eigenvalue weighted by Crippen LogP contribution is 2.12. The highest BCUT2D eigenvalue weighted by Gasteiger charge is 2.09. The molecule has 0 bridgehead atoms. The fraction of sp³-hybridized carbons (Fsp3) is 0.607. The Kier molecular flexibility index (Phi) is 16.6. The zero-order valence-corrected chi connectivity index (χ0v) is 21.7. The first-order chi connectivity index (χ1) is 17.0. The molecule has 194 valence electrons. The number of amides is 2. The molecule has 0 aromatic heterocycles. The van der Waals surface area contributed by atoms with Crippen LogP contribution in [0.15, 0.2) is 24.3 Å². The lowest BCUT2D eigenvalue weighted by atomic mass is 10.1. The molecule has 1 rings (SSSR count). The lowest BCUT2D eigenvalue weighted by molar-refractivity contribution is -0.141. The minimum atomic E-state index is -0.449. The summed E-state index contributed by atoms with van der Waals surface area (Å²) in [6, 6.07) is 7.22. The normalized spacial score (nSPS) is 11.1. The topological polar surface area (TPSA) is 96.5 Å². The first-order valence-electron chi connectivity index (χ1n) is 13.0. The Bertz CT molecular complexity index is 812. The van der Waals surface area contributed by atoms with Gasteiger partial charge in [0.15, 0.2) is 0 Å². The van der Waals surface area contributed by atoms with E-state index in [1.54, 1.807) is 26.0 Å². The van der Waals surface area contributed by atoms with E-state index >= 15 is 0 Å². The Morgan fingerprint density at radius 1 is 0.886 bits per heavy atom. The van der Waals surface area contributed by atoms with Gasteiger partial charge in [0.1, 0.15) is 6.54 Å². The van der Waals surface area contributed by atoms with E-state index in [9.17, 15) is 14.4 Å². The van der Waals surface area contributed by atoms with Crippen molar-refractivity contribution in [3.63, 3.8) is 0 Å². The highest BCUT2D eigenvalue weighted by atomic mass is 16.5. The Hall–Kier alpha value is -3.01. The number of carbonyl (C=O) groups excluding carboxylic acids is 3. The van der Waals surface area contributed by atoms with Gasteiger partial charge >= 0.3 is 5.97 Å². The van der Waals surface area contributed by atoms with Gasteiger partial charge in [0.25, 0.3) is 5.91 Å². The maximum Gasteiger partial charge on any atom is 0.325 e. The molecule has 7 nitrogen and oxygen atoms in total. The average Bonchev–Trinajstić information content (AvgIpc) is 2.85. The van der Waals surface area contributed by atoms with Crippen LogP contribution in [0.25, 0.3) is 0 Å². The second-order valence-electron chi connectivity index (χ2n) is 8.55. The van der Waals surface area contributed by atoms with E-state index in [0.717, 1.165) is 37.9 Å². The summed E-state index contributed by atoms with van der Waals surface area (Å²) in [7, 11) is 0. The van der Waals surface area contributed by atoms with Crippen LogP contribution >= 0.6 is 0 Å². The largest absolute Gasteiger partial charge is 0.465 e. The molecule has 3 N–H and O–H groups in total. The third-order valence-electron chi connectivity index (χ3n) is 5.47. The van der Waals surface area contributed by atoms with Crippen molar-refractivity contribution < 1.29 is 19.1 Å². The van der Waals surface area contributed by atoms with E-state index in [0.29, 0.717) is 12.2 Å². The third kappa shape index (κ3) is 15.5. The highest BCUT2D eigenvalue weighted by molar-refractivity contribution is 5.96. The first-order valence-corrected chi connectivity index (χ1v) is 13.0. The fourth-order valence-corrected chi connectivity index (χ4v) is 3.48. The molecule has 0 fully saturated rings. The van der Waals surface area contributed by atoms with Crippen LogP contribution in [0, 0.1) is 11.8 Å². The van der Waals surface area contributed by atoms with Crippen molar-refractivity contribution >= 4 is 23.5 Å². The van der Waals surface area contributed by atoms with Gasteiger partial charge in [0.05, 0.1) is 12.6 Å². The Morgan fingerprint density at radius 2 is 1.51 bits per heavy atom. The van der Waals surface area contributed by atoms with Crippen LogP contribution < -0.4 is 16.0 Å². The van der Waals surface area contributed by atoms with Crippen molar-refractivity contribution in [3.8, 4) is 11.8 Å². The van der Waals surface area contributed by atoms with E-state index in [2.05, 4.69) is 34.7 Å². The van der Waals surface area contributed by atoms with Gasteiger partial charge in [-0.25, -0.2) is 0 Å². The third-order valence-corrected chi connectivity index (χ3v) is 5.47. The molecule has 0 heterocycles. The van der Waals surface area contributed by atoms with Crippen LogP contribution in [0.3, 0.4) is 0 Å². The van der Waals surface area contributed by atoms with Gasteiger partial charge < -0.3 is 20.7 Å². The molecule has 35 heavy (non-hydrogen) atoms. The van der Waals surface area contributed by atoms with E-state index in [1.807, 2.05) is 12.1 Å². The van der Waals surface area contributed by atoms with Crippen LogP contribution in [0.5, 0.6) is 0 Å². The van der Waals surface area contributed by atoms with Crippen LogP contribution in [-0.4, -0.2) is 43.5 Å². The number of anilines is 1. The maximum atomic E-state index is 12.1. The summed E-state index contributed by atoms with van der Waals surface area (Å²) in [5.41, 5.74) is 1.40. The van der Waals surface area contributed by atoms with Gasteiger partial charge in [-0.1, -0.05) is 51.4 Å². The van der Waals surface area contributed by atoms with Crippen LogP contribution in [0.4, 0.5) is 5.69 Å². The summed E-state index contributed by atoms with van der Waals surface area (Å²) >= 11 is 0. The zero-order chi connectivity index (χ0) is 25.7. The van der Waals surface area contributed by atoms with E-state index < -0.39 is 5.97 Å². The Labute approximate surface area is 211 Å². The zero-order valence-electron chi connectivity index (χ0n) is 21.7. The van der Waals surface area contributed by atoms with Crippen molar-refractivity contribution in [1.29, 1.82) is 0 Å². The van der Waals surface area contributed by atoms with Crippen LogP contribution in [-0.2, 0) is 14.3 Å². The van der Waals surface area contributed by atoms with Crippen molar-refractivity contribution in [2.45, 2.75) is 91.0 Å². The Morgan fingerprint density at radius 3 is 2.11 bits per heavy atom. The lowest BCUT2D eigenvalue weighted by Crippen LogP contribution is -2.30. The number of benzene rings is 1. The molecule has 0 spiro atoms. The standard InChI is InChI=1S/C28H43N3O4/c1-4-25(16-14-12-10-8-6-7-9-11-13-15-21-29-23(3)32)31-26-19-17-24(18-20-26)28(34)30-22-27(33)35-5-2/h17-20,25,31H,4-13,15,21-22H2,1-3H3,(H,29,32)(H,30,34). The number of rotatable bonds is 17. The molecule has 0 aliphatic carbocycles. The van der Waals surface area contributed by atoms with Gasteiger partial charge in [0, 0.05) is 31.1 Å². The number of nitrogens with one attached hydrogen (secondary N) is 3. The second kappa shape index (κ2) is 19.3. The van der Waals surface area contributed by atoms with E-state index in [1.165, 1.54) is 38.5 Å². The second-order valence-corrected chi connectivity index (χ2v) is 8.55. The van der Waals surface area contributed by atoms with E-state index in [4.69, 9.17) is 4.74 Å². The number of unbranched alkanes of at least 4 members (excludes halogenated alkanes) is 8. The van der Waals surface area contributed by atoms with Crippen molar-refractivity contribution in [2.24, 2.45) is 0 Å². The van der Waals surface area contributed by atoms with Gasteiger partial charge in [-0.05, 0) is 50.5 Å².